The Morgan fingerprint density at radius 1 is 0.953 bits per heavy atom. The van der Waals surface area contributed by atoms with Crippen LogP contribution in [0.5, 0.6) is 23.0 Å². The Morgan fingerprint density at radius 2 is 1.74 bits per heavy atom. The van der Waals surface area contributed by atoms with E-state index in [1.165, 1.54) is 43.5 Å². The first kappa shape index (κ1) is 29.7. The van der Waals surface area contributed by atoms with E-state index >= 15 is 4.39 Å². The number of carbonyl (C=O) groups is 2. The number of morpholine rings is 1. The minimum atomic E-state index is -0.838. The van der Waals surface area contributed by atoms with Gasteiger partial charge in [-0.2, -0.15) is 0 Å². The molecule has 1 aromatic heterocycles. The average Bonchev–Trinajstić information content (AvgIpc) is 3.00. The molecule has 2 heterocycles. The maximum atomic E-state index is 15.0. The summed E-state index contributed by atoms with van der Waals surface area (Å²) >= 11 is 0. The van der Waals surface area contributed by atoms with Gasteiger partial charge in [0.2, 0.25) is 5.91 Å². The number of aromatic nitrogens is 1. The van der Waals surface area contributed by atoms with Crippen LogP contribution < -0.4 is 24.8 Å². The zero-order valence-electron chi connectivity index (χ0n) is 23.4. The van der Waals surface area contributed by atoms with Crippen LogP contribution in [0, 0.1) is 11.6 Å². The molecule has 1 aliphatic heterocycles. The Hall–Kier alpha value is -4.81. The van der Waals surface area contributed by atoms with Gasteiger partial charge >= 0.3 is 6.03 Å². The largest absolute Gasteiger partial charge is 0.493 e. The molecular weight excluding hydrogens is 562 g/mol. The monoisotopic (exact) mass is 592 g/mol. The maximum absolute atomic E-state index is 15.0. The second-order valence-corrected chi connectivity index (χ2v) is 9.68. The number of hydrogen-bond donors (Lipinski definition) is 2. The minimum Gasteiger partial charge on any atom is -0.493 e. The lowest BCUT2D eigenvalue weighted by molar-refractivity contribution is -0.119. The second-order valence-electron chi connectivity index (χ2n) is 9.68. The fourth-order valence-electron chi connectivity index (χ4n) is 4.50. The number of halogens is 2. The number of urea groups is 1. The molecule has 0 atom stereocenters. The van der Waals surface area contributed by atoms with E-state index in [4.69, 9.17) is 18.9 Å². The number of hydrogen-bond acceptors (Lipinski definition) is 8. The highest BCUT2D eigenvalue weighted by molar-refractivity contribution is 6.01. The zero-order valence-corrected chi connectivity index (χ0v) is 23.4. The summed E-state index contributed by atoms with van der Waals surface area (Å²) in [5.41, 5.74) is 1.21. The summed E-state index contributed by atoms with van der Waals surface area (Å²) in [5, 5.41) is 5.15. The maximum Gasteiger partial charge on any atom is 0.325 e. The van der Waals surface area contributed by atoms with Crippen LogP contribution in [0.1, 0.15) is 5.56 Å². The van der Waals surface area contributed by atoms with Gasteiger partial charge in [-0.25, -0.2) is 13.6 Å². The number of benzene rings is 3. The summed E-state index contributed by atoms with van der Waals surface area (Å²) in [6, 6.07) is 13.5. The van der Waals surface area contributed by atoms with E-state index in [-0.39, 0.29) is 17.9 Å². The lowest BCUT2D eigenvalue weighted by Gasteiger charge is -2.26. The third-order valence-electron chi connectivity index (χ3n) is 6.70. The molecule has 224 valence electrons. The fraction of sp³-hybridized carbons (Fsp3) is 0.258. The topological polar surface area (TPSA) is 111 Å². The molecule has 10 nitrogen and oxygen atoms in total. The number of ether oxygens (including phenoxy) is 4. The Kier molecular flexibility index (Phi) is 9.59. The quantitative estimate of drug-likeness (QED) is 0.267. The first-order valence-corrected chi connectivity index (χ1v) is 13.6. The Bertz CT molecular complexity index is 1600. The van der Waals surface area contributed by atoms with Crippen molar-refractivity contribution in [3.05, 3.63) is 84.1 Å². The van der Waals surface area contributed by atoms with Crippen molar-refractivity contribution in [1.29, 1.82) is 0 Å². The van der Waals surface area contributed by atoms with E-state index < -0.39 is 23.6 Å². The van der Waals surface area contributed by atoms with E-state index in [1.54, 1.807) is 24.4 Å². The molecule has 43 heavy (non-hydrogen) atoms. The molecule has 12 heteroatoms. The molecule has 3 amide bonds. The van der Waals surface area contributed by atoms with Crippen LogP contribution >= 0.6 is 0 Å². The molecule has 0 bridgehead atoms. The number of methoxy groups -OCH3 is 1. The van der Waals surface area contributed by atoms with E-state index in [0.717, 1.165) is 25.7 Å². The summed E-state index contributed by atoms with van der Waals surface area (Å²) in [5.74, 6) is -0.507. The van der Waals surface area contributed by atoms with E-state index in [2.05, 4.69) is 20.5 Å². The first-order valence-electron chi connectivity index (χ1n) is 13.6. The predicted molar refractivity (Wildman–Crippen MR) is 155 cm³/mol. The van der Waals surface area contributed by atoms with Crippen LogP contribution in [0.4, 0.5) is 19.3 Å². The number of carbonyl (C=O) groups excluding carboxylic acids is 2. The summed E-state index contributed by atoms with van der Waals surface area (Å²) in [6.45, 7) is 4.35. The van der Waals surface area contributed by atoms with Gasteiger partial charge in [0.15, 0.2) is 23.1 Å². The zero-order chi connectivity index (χ0) is 30.2. The van der Waals surface area contributed by atoms with Gasteiger partial charge in [-0.3, -0.25) is 20.0 Å². The SMILES string of the molecule is COc1cc2c(Oc3ccc(NC(=O)NC(=O)Cc4ccc(F)cc4)cc3F)ccnc2cc1OCCN1CCOCC1. The molecule has 5 rings (SSSR count). The number of nitrogens with one attached hydrogen (secondary N) is 2. The third-order valence-corrected chi connectivity index (χ3v) is 6.70. The van der Waals surface area contributed by atoms with Crippen molar-refractivity contribution in [3.8, 4) is 23.0 Å². The molecule has 0 radical (unpaired) electrons. The highest BCUT2D eigenvalue weighted by atomic mass is 19.1. The summed E-state index contributed by atoms with van der Waals surface area (Å²) in [7, 11) is 1.53. The molecule has 0 spiro atoms. The van der Waals surface area contributed by atoms with Gasteiger partial charge in [-0.1, -0.05) is 12.1 Å². The number of anilines is 1. The fourth-order valence-corrected chi connectivity index (χ4v) is 4.50. The molecule has 1 saturated heterocycles. The van der Waals surface area contributed by atoms with Crippen LogP contribution in [0.2, 0.25) is 0 Å². The number of pyridine rings is 1. The Balaban J connectivity index is 1.22. The van der Waals surface area contributed by atoms with Crippen LogP contribution in [0.3, 0.4) is 0 Å². The predicted octanol–water partition coefficient (Wildman–Crippen LogP) is 4.92. The van der Waals surface area contributed by atoms with Gasteiger partial charge in [0.1, 0.15) is 18.2 Å². The number of nitrogens with zero attached hydrogens (tertiary/aromatic N) is 2. The summed E-state index contributed by atoms with van der Waals surface area (Å²) < 4.78 is 50.8. The lowest BCUT2D eigenvalue weighted by atomic mass is 10.1. The van der Waals surface area contributed by atoms with Crippen molar-refractivity contribution in [2.75, 3.05) is 51.9 Å². The molecular formula is C31H30F2N4O6. The first-order chi connectivity index (χ1) is 20.9. The number of fused-ring (bicyclic) bond motifs is 1. The van der Waals surface area contributed by atoms with Gasteiger partial charge in [0.05, 0.1) is 32.3 Å². The number of imide groups is 1. The van der Waals surface area contributed by atoms with Crippen LogP contribution in [0.25, 0.3) is 10.9 Å². The molecule has 2 N–H and O–H groups in total. The smallest absolute Gasteiger partial charge is 0.325 e. The van der Waals surface area contributed by atoms with Gasteiger partial charge in [0, 0.05) is 49.0 Å². The normalized spacial score (nSPS) is 13.4. The Morgan fingerprint density at radius 3 is 2.49 bits per heavy atom. The molecule has 1 fully saturated rings. The van der Waals surface area contributed by atoms with E-state index in [9.17, 15) is 14.0 Å². The van der Waals surface area contributed by atoms with Crippen molar-refractivity contribution < 1.29 is 37.3 Å². The number of amides is 3. The highest BCUT2D eigenvalue weighted by Gasteiger charge is 2.16. The highest BCUT2D eigenvalue weighted by Crippen LogP contribution is 2.37. The standard InChI is InChI=1S/C31H30F2N4O6/c1-40-28-18-23-25(19-29(28)42-15-12-37-10-13-41-14-11-37)34-9-8-26(23)43-27-7-6-22(17-24(27)33)35-31(39)36-30(38)16-20-2-4-21(32)5-3-20/h2-9,17-19H,10-16H2,1H3,(H2,35,36,38,39). The van der Waals surface area contributed by atoms with Crippen LogP contribution in [-0.2, 0) is 16.0 Å². The van der Waals surface area contributed by atoms with Crippen molar-refractivity contribution in [2.45, 2.75) is 6.42 Å². The lowest BCUT2D eigenvalue weighted by Crippen LogP contribution is -2.38. The summed E-state index contributed by atoms with van der Waals surface area (Å²) in [4.78, 5) is 31.0. The number of rotatable bonds is 10. The van der Waals surface area contributed by atoms with Crippen LogP contribution in [0.15, 0.2) is 66.9 Å². The van der Waals surface area contributed by atoms with Gasteiger partial charge in [-0.15, -0.1) is 0 Å². The van der Waals surface area contributed by atoms with Crippen molar-refractivity contribution >= 4 is 28.5 Å². The van der Waals surface area contributed by atoms with Crippen molar-refractivity contribution in [1.82, 2.24) is 15.2 Å². The van der Waals surface area contributed by atoms with E-state index in [1.807, 2.05) is 0 Å². The van der Waals surface area contributed by atoms with Crippen LogP contribution in [-0.4, -0.2) is 68.4 Å². The van der Waals surface area contributed by atoms with Gasteiger partial charge in [-0.05, 0) is 42.0 Å². The van der Waals surface area contributed by atoms with Crippen molar-refractivity contribution in [3.63, 3.8) is 0 Å². The average molecular weight is 593 g/mol. The summed E-state index contributed by atoms with van der Waals surface area (Å²) in [6.07, 6.45) is 1.42. The van der Waals surface area contributed by atoms with Gasteiger partial charge in [0.25, 0.3) is 0 Å². The molecule has 1 aliphatic rings. The van der Waals surface area contributed by atoms with E-state index in [0.29, 0.717) is 53.5 Å². The molecule has 3 aromatic carbocycles. The van der Waals surface area contributed by atoms with Crippen molar-refractivity contribution in [2.24, 2.45) is 0 Å². The Labute approximate surface area is 246 Å². The van der Waals surface area contributed by atoms with Gasteiger partial charge < -0.3 is 24.3 Å². The minimum absolute atomic E-state index is 0.0874. The molecule has 4 aromatic rings. The molecule has 0 aliphatic carbocycles. The second kappa shape index (κ2) is 13.9. The third kappa shape index (κ3) is 7.93. The molecule has 0 saturated carbocycles. The molecule has 0 unspecified atom stereocenters.